The average Bonchev–Trinajstić information content (AvgIpc) is 2.76. The largest absolute Gasteiger partial charge is 0.493 e. The summed E-state index contributed by atoms with van der Waals surface area (Å²) in [7, 11) is 0.540. The number of nitrogens with one attached hydrogen (secondary N) is 3. The van der Waals surface area contributed by atoms with E-state index in [0.717, 1.165) is 18.4 Å². The molecule has 0 saturated heterocycles. The normalized spacial score (nSPS) is 12.0. The molecule has 3 N–H and O–H groups in total. The van der Waals surface area contributed by atoms with Crippen molar-refractivity contribution >= 4 is 33.2 Å². The molecular formula is C22H28FN3O7S. The van der Waals surface area contributed by atoms with E-state index in [0.29, 0.717) is 5.75 Å². The lowest BCUT2D eigenvalue weighted by atomic mass is 10.0. The topological polar surface area (TPSA) is 132 Å². The summed E-state index contributed by atoms with van der Waals surface area (Å²) in [5.74, 6) is -1.40. The van der Waals surface area contributed by atoms with Crippen molar-refractivity contribution in [2.24, 2.45) is 5.92 Å². The third-order valence-electron chi connectivity index (χ3n) is 4.69. The van der Waals surface area contributed by atoms with Gasteiger partial charge in [-0.15, -0.1) is 0 Å². The molecule has 0 unspecified atom stereocenters. The van der Waals surface area contributed by atoms with Gasteiger partial charge in [-0.05, 0) is 36.2 Å². The molecule has 0 aliphatic rings. The molecule has 0 aliphatic carbocycles. The van der Waals surface area contributed by atoms with Gasteiger partial charge in [-0.2, -0.15) is 0 Å². The number of methoxy groups -OCH3 is 3. The van der Waals surface area contributed by atoms with Gasteiger partial charge in [0.15, 0.2) is 11.5 Å². The minimum absolute atomic E-state index is 0.144. The number of sulfonamides is 1. The van der Waals surface area contributed by atoms with Crippen LogP contribution >= 0.6 is 0 Å². The van der Waals surface area contributed by atoms with E-state index in [4.69, 9.17) is 14.2 Å². The molecule has 0 spiro atoms. The lowest BCUT2D eigenvalue weighted by molar-refractivity contribution is -0.118. The SMILES string of the molecule is COc1cc(C(=O)N[C@H](C(=O)Nc2ccc(F)c(NS(C)(=O)=O)c2)C(C)C)cc(OC)c1OC. The Morgan fingerprint density at radius 2 is 1.56 bits per heavy atom. The van der Waals surface area contributed by atoms with Crippen LogP contribution in [0.4, 0.5) is 15.8 Å². The Labute approximate surface area is 197 Å². The van der Waals surface area contributed by atoms with E-state index in [1.807, 2.05) is 4.72 Å². The predicted molar refractivity (Wildman–Crippen MR) is 126 cm³/mol. The summed E-state index contributed by atoms with van der Waals surface area (Å²) in [6.45, 7) is 3.47. The highest BCUT2D eigenvalue weighted by atomic mass is 32.2. The summed E-state index contributed by atoms with van der Waals surface area (Å²) >= 11 is 0. The second-order valence-electron chi connectivity index (χ2n) is 7.67. The third kappa shape index (κ3) is 6.73. The fourth-order valence-electron chi connectivity index (χ4n) is 3.07. The van der Waals surface area contributed by atoms with Crippen LogP contribution < -0.4 is 29.6 Å². The quantitative estimate of drug-likeness (QED) is 0.460. The molecule has 2 aromatic rings. The van der Waals surface area contributed by atoms with Crippen LogP contribution in [0.15, 0.2) is 30.3 Å². The maximum absolute atomic E-state index is 13.9. The van der Waals surface area contributed by atoms with Crippen molar-refractivity contribution in [2.45, 2.75) is 19.9 Å². The van der Waals surface area contributed by atoms with Crippen LogP contribution in [-0.4, -0.2) is 53.9 Å². The molecule has 0 radical (unpaired) electrons. The number of ether oxygens (including phenoxy) is 3. The highest BCUT2D eigenvalue weighted by Gasteiger charge is 2.26. The van der Waals surface area contributed by atoms with Gasteiger partial charge in [-0.3, -0.25) is 14.3 Å². The highest BCUT2D eigenvalue weighted by Crippen LogP contribution is 2.38. The van der Waals surface area contributed by atoms with Gasteiger partial charge < -0.3 is 24.8 Å². The number of rotatable bonds is 10. The van der Waals surface area contributed by atoms with E-state index in [1.165, 1.54) is 39.5 Å². The number of carbonyl (C=O) groups excluding carboxylic acids is 2. The van der Waals surface area contributed by atoms with Gasteiger partial charge in [0.25, 0.3) is 5.91 Å². The number of anilines is 2. The molecule has 0 fully saturated rings. The fourth-order valence-corrected chi connectivity index (χ4v) is 3.63. The first kappa shape index (κ1) is 26.7. The molecule has 34 heavy (non-hydrogen) atoms. The Hall–Kier alpha value is -3.54. The fraction of sp³-hybridized carbons (Fsp3) is 0.364. The maximum Gasteiger partial charge on any atom is 0.252 e. The molecule has 10 nitrogen and oxygen atoms in total. The first-order valence-corrected chi connectivity index (χ1v) is 12.0. The monoisotopic (exact) mass is 497 g/mol. The number of amides is 2. The summed E-state index contributed by atoms with van der Waals surface area (Å²) in [4.78, 5) is 25.9. The summed E-state index contributed by atoms with van der Waals surface area (Å²) in [5, 5.41) is 5.24. The van der Waals surface area contributed by atoms with Crippen molar-refractivity contribution < 1.29 is 36.6 Å². The molecule has 0 bridgehead atoms. The summed E-state index contributed by atoms with van der Waals surface area (Å²) in [6, 6.07) is 5.38. The molecule has 2 rings (SSSR count). The number of benzene rings is 2. The second kappa shape index (κ2) is 11.1. The molecule has 2 amide bonds. The Bertz CT molecular complexity index is 1140. The van der Waals surface area contributed by atoms with E-state index < -0.39 is 33.7 Å². The lowest BCUT2D eigenvalue weighted by Gasteiger charge is -2.22. The zero-order valence-corrected chi connectivity index (χ0v) is 20.5. The van der Waals surface area contributed by atoms with Crippen LogP contribution in [0.1, 0.15) is 24.2 Å². The number of halogens is 1. The molecule has 0 heterocycles. The molecule has 2 aromatic carbocycles. The van der Waals surface area contributed by atoms with E-state index in [1.54, 1.807) is 13.8 Å². The van der Waals surface area contributed by atoms with Crippen molar-refractivity contribution in [1.29, 1.82) is 0 Å². The van der Waals surface area contributed by atoms with E-state index in [2.05, 4.69) is 10.6 Å². The van der Waals surface area contributed by atoms with E-state index in [-0.39, 0.29) is 34.4 Å². The number of hydrogen-bond acceptors (Lipinski definition) is 7. The minimum atomic E-state index is -3.73. The van der Waals surface area contributed by atoms with Gasteiger partial charge in [-0.1, -0.05) is 13.8 Å². The Balaban J connectivity index is 2.27. The molecule has 1 atom stereocenters. The lowest BCUT2D eigenvalue weighted by Crippen LogP contribution is -2.47. The minimum Gasteiger partial charge on any atom is -0.493 e. The van der Waals surface area contributed by atoms with Gasteiger partial charge in [0.05, 0.1) is 33.3 Å². The van der Waals surface area contributed by atoms with Crippen molar-refractivity contribution in [3.8, 4) is 17.2 Å². The maximum atomic E-state index is 13.9. The van der Waals surface area contributed by atoms with Crippen molar-refractivity contribution in [1.82, 2.24) is 5.32 Å². The van der Waals surface area contributed by atoms with E-state index >= 15 is 0 Å². The summed E-state index contributed by atoms with van der Waals surface area (Å²) in [5.41, 5.74) is 0.00228. The van der Waals surface area contributed by atoms with E-state index in [9.17, 15) is 22.4 Å². The van der Waals surface area contributed by atoms with Gasteiger partial charge in [0.1, 0.15) is 11.9 Å². The van der Waals surface area contributed by atoms with Gasteiger partial charge in [0, 0.05) is 11.3 Å². The van der Waals surface area contributed by atoms with Crippen molar-refractivity contribution in [2.75, 3.05) is 37.6 Å². The van der Waals surface area contributed by atoms with Crippen molar-refractivity contribution in [3.63, 3.8) is 0 Å². The number of carbonyl (C=O) groups is 2. The van der Waals surface area contributed by atoms with Gasteiger partial charge in [-0.25, -0.2) is 12.8 Å². The second-order valence-corrected chi connectivity index (χ2v) is 9.42. The molecule has 186 valence electrons. The van der Waals surface area contributed by atoms with Crippen LogP contribution in [0, 0.1) is 11.7 Å². The van der Waals surface area contributed by atoms with Crippen LogP contribution in [0.5, 0.6) is 17.2 Å². The van der Waals surface area contributed by atoms with Crippen LogP contribution in [-0.2, 0) is 14.8 Å². The Morgan fingerprint density at radius 3 is 2.03 bits per heavy atom. The zero-order chi connectivity index (χ0) is 25.6. The average molecular weight is 498 g/mol. The molecule has 0 saturated carbocycles. The van der Waals surface area contributed by atoms with Crippen LogP contribution in [0.25, 0.3) is 0 Å². The van der Waals surface area contributed by atoms with Crippen LogP contribution in [0.2, 0.25) is 0 Å². The number of hydrogen-bond donors (Lipinski definition) is 3. The summed E-state index contributed by atoms with van der Waals surface area (Å²) in [6.07, 6.45) is 0.880. The first-order chi connectivity index (χ1) is 15.9. The zero-order valence-electron chi connectivity index (χ0n) is 19.7. The predicted octanol–water partition coefficient (Wildman–Crippen LogP) is 2.62. The molecular weight excluding hydrogens is 469 g/mol. The smallest absolute Gasteiger partial charge is 0.252 e. The van der Waals surface area contributed by atoms with Gasteiger partial charge >= 0.3 is 0 Å². The molecule has 12 heteroatoms. The standard InChI is InChI=1S/C22H28FN3O7S/c1-12(2)19(22(28)24-14-7-8-15(23)16(11-14)26-34(6,29)30)25-21(27)13-9-17(31-3)20(33-5)18(10-13)32-4/h7-12,19,26H,1-6H3,(H,24,28)(H,25,27)/t19-/m0/s1. The van der Waals surface area contributed by atoms with Crippen LogP contribution in [0.3, 0.4) is 0 Å². The van der Waals surface area contributed by atoms with Crippen molar-refractivity contribution in [3.05, 3.63) is 41.7 Å². The third-order valence-corrected chi connectivity index (χ3v) is 5.28. The van der Waals surface area contributed by atoms with Gasteiger partial charge in [0.2, 0.25) is 21.7 Å². The molecule has 0 aromatic heterocycles. The molecule has 0 aliphatic heterocycles. The summed E-state index contributed by atoms with van der Waals surface area (Å²) < 4.78 is 54.6. The Kier molecular flexibility index (Phi) is 8.68. The first-order valence-electron chi connectivity index (χ1n) is 10.1. The Morgan fingerprint density at radius 1 is 0.971 bits per heavy atom. The highest BCUT2D eigenvalue weighted by molar-refractivity contribution is 7.92.